The number of anilines is 1. The van der Waals surface area contributed by atoms with Crippen LogP contribution in [0, 0.1) is 25.5 Å². The summed E-state index contributed by atoms with van der Waals surface area (Å²) < 4.78 is 33.0. The van der Waals surface area contributed by atoms with Gasteiger partial charge in [0.2, 0.25) is 0 Å². The minimum Gasteiger partial charge on any atom is -0.460 e. The molecule has 2 aromatic rings. The number of hydrogen-bond donors (Lipinski definition) is 2. The molecule has 0 radical (unpaired) electrons. The van der Waals surface area contributed by atoms with Crippen LogP contribution in [0.1, 0.15) is 37.1 Å². The third-order valence-electron chi connectivity index (χ3n) is 4.44. The number of rotatable bonds is 4. The molecule has 0 saturated heterocycles. The number of carbonyl (C=O) groups is 1. The van der Waals surface area contributed by atoms with E-state index in [-0.39, 0.29) is 12.1 Å². The monoisotopic (exact) mass is 376 g/mol. The van der Waals surface area contributed by atoms with E-state index in [1.807, 2.05) is 19.9 Å². The number of hydrogen-bond acceptors (Lipinski definition) is 4. The number of aromatic nitrogens is 2. The maximum atomic E-state index is 13.6. The average Bonchev–Trinajstić information content (AvgIpc) is 2.59. The third kappa shape index (κ3) is 5.12. The fourth-order valence-corrected chi connectivity index (χ4v) is 3.17. The molecular weight excluding hydrogens is 354 g/mol. The van der Waals surface area contributed by atoms with E-state index < -0.39 is 23.4 Å². The van der Waals surface area contributed by atoms with Crippen LogP contribution < -0.4 is 15.4 Å². The number of halogens is 2. The highest BCUT2D eigenvalue weighted by Gasteiger charge is 2.25. The highest BCUT2D eigenvalue weighted by Crippen LogP contribution is 2.23. The Balaban J connectivity index is 1.48. The van der Waals surface area contributed by atoms with E-state index >= 15 is 0 Å². The van der Waals surface area contributed by atoms with Gasteiger partial charge in [0.1, 0.15) is 23.4 Å². The Hall–Kier alpha value is -2.77. The zero-order valence-electron chi connectivity index (χ0n) is 15.3. The van der Waals surface area contributed by atoms with Crippen LogP contribution in [-0.2, 0) is 0 Å². The summed E-state index contributed by atoms with van der Waals surface area (Å²) in [7, 11) is 0. The number of ether oxygens (including phenoxy) is 1. The fourth-order valence-electron chi connectivity index (χ4n) is 3.17. The molecule has 6 nitrogen and oxygen atoms in total. The van der Waals surface area contributed by atoms with Crippen molar-refractivity contribution in [3.63, 3.8) is 0 Å². The van der Waals surface area contributed by atoms with Gasteiger partial charge in [-0.05, 0) is 57.7 Å². The molecular formula is C19H22F2N4O2. The van der Waals surface area contributed by atoms with Crippen LogP contribution in [0.5, 0.6) is 6.01 Å². The Morgan fingerprint density at radius 2 is 1.67 bits per heavy atom. The van der Waals surface area contributed by atoms with Gasteiger partial charge in [0.05, 0.1) is 0 Å². The standard InChI is InChI=1S/C19H22F2N4O2/c1-11-10-12(2)23-19(22-11)27-14-8-6-13(7-9-14)24-18(26)25-17-15(20)4-3-5-16(17)21/h3-5,10,13-14H,6-9H2,1-2H3,(H2,24,25,26). The molecule has 27 heavy (non-hydrogen) atoms. The zero-order chi connectivity index (χ0) is 19.4. The first-order valence-corrected chi connectivity index (χ1v) is 8.91. The summed E-state index contributed by atoms with van der Waals surface area (Å²) in [6.45, 7) is 3.78. The molecule has 1 heterocycles. The third-order valence-corrected chi connectivity index (χ3v) is 4.44. The van der Waals surface area contributed by atoms with Gasteiger partial charge in [-0.25, -0.2) is 23.5 Å². The first-order chi connectivity index (χ1) is 12.9. The van der Waals surface area contributed by atoms with Crippen molar-refractivity contribution in [3.05, 3.63) is 47.3 Å². The molecule has 1 aromatic carbocycles. The van der Waals surface area contributed by atoms with Crippen LogP contribution >= 0.6 is 0 Å². The van der Waals surface area contributed by atoms with E-state index in [0.717, 1.165) is 36.4 Å². The van der Waals surface area contributed by atoms with E-state index in [1.165, 1.54) is 6.07 Å². The summed E-state index contributed by atoms with van der Waals surface area (Å²) >= 11 is 0. The lowest BCUT2D eigenvalue weighted by Gasteiger charge is -2.29. The summed E-state index contributed by atoms with van der Waals surface area (Å²) in [5.74, 6) is -1.62. The van der Waals surface area contributed by atoms with E-state index in [0.29, 0.717) is 18.9 Å². The van der Waals surface area contributed by atoms with Gasteiger partial charge in [-0.3, -0.25) is 0 Å². The molecule has 0 spiro atoms. The zero-order valence-corrected chi connectivity index (χ0v) is 15.3. The van der Waals surface area contributed by atoms with Crippen LogP contribution in [0.15, 0.2) is 24.3 Å². The van der Waals surface area contributed by atoms with Gasteiger partial charge in [0, 0.05) is 17.4 Å². The molecule has 0 bridgehead atoms. The highest BCUT2D eigenvalue weighted by atomic mass is 19.1. The molecule has 2 N–H and O–H groups in total. The van der Waals surface area contributed by atoms with Crippen molar-refractivity contribution in [1.82, 2.24) is 15.3 Å². The molecule has 1 saturated carbocycles. The van der Waals surface area contributed by atoms with Crippen LogP contribution in [0.4, 0.5) is 19.3 Å². The number of nitrogens with zero attached hydrogens (tertiary/aromatic N) is 2. The Kier molecular flexibility index (Phi) is 5.83. The van der Waals surface area contributed by atoms with Crippen molar-refractivity contribution >= 4 is 11.7 Å². The minimum absolute atomic E-state index is 0.0173. The Morgan fingerprint density at radius 1 is 1.07 bits per heavy atom. The number of amides is 2. The molecule has 1 aliphatic rings. The van der Waals surface area contributed by atoms with Crippen LogP contribution in [0.3, 0.4) is 0 Å². The van der Waals surface area contributed by atoms with Gasteiger partial charge in [-0.1, -0.05) is 6.07 Å². The molecule has 0 aliphatic heterocycles. The maximum absolute atomic E-state index is 13.6. The normalized spacial score (nSPS) is 19.4. The summed E-state index contributed by atoms with van der Waals surface area (Å²) in [4.78, 5) is 20.6. The number of benzene rings is 1. The molecule has 0 atom stereocenters. The van der Waals surface area contributed by atoms with Gasteiger partial charge in [0.15, 0.2) is 0 Å². The van der Waals surface area contributed by atoms with E-state index in [1.54, 1.807) is 0 Å². The second-order valence-corrected chi connectivity index (χ2v) is 6.72. The first kappa shape index (κ1) is 19.0. The lowest BCUT2D eigenvalue weighted by molar-refractivity contribution is 0.129. The number of para-hydroxylation sites is 1. The Bertz CT molecular complexity index is 783. The minimum atomic E-state index is -0.810. The topological polar surface area (TPSA) is 76.1 Å². The fraction of sp³-hybridized carbons (Fsp3) is 0.421. The van der Waals surface area contributed by atoms with Crippen molar-refractivity contribution in [2.45, 2.75) is 51.7 Å². The second-order valence-electron chi connectivity index (χ2n) is 6.72. The predicted molar refractivity (Wildman–Crippen MR) is 96.7 cm³/mol. The van der Waals surface area contributed by atoms with Gasteiger partial charge < -0.3 is 15.4 Å². The Morgan fingerprint density at radius 3 is 2.26 bits per heavy atom. The molecule has 1 aliphatic carbocycles. The molecule has 3 rings (SSSR count). The molecule has 1 aromatic heterocycles. The van der Waals surface area contributed by atoms with Crippen LogP contribution in [0.25, 0.3) is 0 Å². The molecule has 1 fully saturated rings. The summed E-state index contributed by atoms with van der Waals surface area (Å²) in [6.07, 6.45) is 2.84. The summed E-state index contributed by atoms with van der Waals surface area (Å²) in [5, 5.41) is 4.99. The largest absolute Gasteiger partial charge is 0.460 e. The van der Waals surface area contributed by atoms with Gasteiger partial charge in [-0.2, -0.15) is 0 Å². The SMILES string of the molecule is Cc1cc(C)nc(OC2CCC(NC(=O)Nc3c(F)cccc3F)CC2)n1. The number of nitrogens with one attached hydrogen (secondary N) is 2. The smallest absolute Gasteiger partial charge is 0.319 e. The van der Waals surface area contributed by atoms with Gasteiger partial charge in [0.25, 0.3) is 0 Å². The van der Waals surface area contributed by atoms with Crippen molar-refractivity contribution in [3.8, 4) is 6.01 Å². The average molecular weight is 376 g/mol. The first-order valence-electron chi connectivity index (χ1n) is 8.91. The van der Waals surface area contributed by atoms with Crippen molar-refractivity contribution in [2.75, 3.05) is 5.32 Å². The molecule has 2 amide bonds. The van der Waals surface area contributed by atoms with Crippen LogP contribution in [0.2, 0.25) is 0 Å². The maximum Gasteiger partial charge on any atom is 0.319 e. The van der Waals surface area contributed by atoms with Crippen molar-refractivity contribution in [1.29, 1.82) is 0 Å². The number of urea groups is 1. The lowest BCUT2D eigenvalue weighted by atomic mass is 9.93. The Labute approximate surface area is 156 Å². The number of carbonyl (C=O) groups excluding carboxylic acids is 1. The van der Waals surface area contributed by atoms with Gasteiger partial charge >= 0.3 is 12.0 Å². The van der Waals surface area contributed by atoms with E-state index in [4.69, 9.17) is 4.74 Å². The lowest BCUT2D eigenvalue weighted by Crippen LogP contribution is -2.42. The van der Waals surface area contributed by atoms with E-state index in [9.17, 15) is 13.6 Å². The summed E-state index contributed by atoms with van der Waals surface area (Å²) in [6, 6.07) is 4.98. The highest BCUT2D eigenvalue weighted by molar-refractivity contribution is 5.89. The molecule has 8 heteroatoms. The van der Waals surface area contributed by atoms with Gasteiger partial charge in [-0.15, -0.1) is 0 Å². The van der Waals surface area contributed by atoms with Crippen molar-refractivity contribution in [2.24, 2.45) is 0 Å². The van der Waals surface area contributed by atoms with Crippen molar-refractivity contribution < 1.29 is 18.3 Å². The molecule has 144 valence electrons. The second kappa shape index (κ2) is 8.28. The van der Waals surface area contributed by atoms with E-state index in [2.05, 4.69) is 20.6 Å². The molecule has 0 unspecified atom stereocenters. The predicted octanol–water partition coefficient (Wildman–Crippen LogP) is 3.88. The van der Waals surface area contributed by atoms with Crippen LogP contribution in [-0.4, -0.2) is 28.1 Å². The number of aryl methyl sites for hydroxylation is 2. The summed E-state index contributed by atoms with van der Waals surface area (Å²) in [5.41, 5.74) is 1.26. The quantitative estimate of drug-likeness (QED) is 0.849.